The van der Waals surface area contributed by atoms with Crippen molar-refractivity contribution in [2.24, 2.45) is 0 Å². The van der Waals surface area contributed by atoms with E-state index in [1.807, 2.05) is 0 Å². The smallest absolute Gasteiger partial charge is 0.0192 e. The van der Waals surface area contributed by atoms with Crippen LogP contribution < -0.4 is 5.32 Å². The highest BCUT2D eigenvalue weighted by molar-refractivity contribution is 5.21. The largest absolute Gasteiger partial charge is 0.315 e. The van der Waals surface area contributed by atoms with Gasteiger partial charge in [-0.05, 0) is 44.3 Å². The molecular formula is C17H28N2. The highest BCUT2D eigenvalue weighted by Gasteiger charge is 2.26. The van der Waals surface area contributed by atoms with Crippen molar-refractivity contribution in [2.75, 3.05) is 26.2 Å². The third-order valence-corrected chi connectivity index (χ3v) is 4.26. The molecular weight excluding hydrogens is 232 g/mol. The highest BCUT2D eigenvalue weighted by atomic mass is 15.2. The lowest BCUT2D eigenvalue weighted by atomic mass is 9.99. The first-order valence-electron chi connectivity index (χ1n) is 7.81. The van der Waals surface area contributed by atoms with Gasteiger partial charge in [0.1, 0.15) is 0 Å². The van der Waals surface area contributed by atoms with Crippen molar-refractivity contribution >= 4 is 0 Å². The van der Waals surface area contributed by atoms with E-state index in [2.05, 4.69) is 54.4 Å². The van der Waals surface area contributed by atoms with Crippen molar-refractivity contribution in [2.45, 2.75) is 45.1 Å². The summed E-state index contributed by atoms with van der Waals surface area (Å²) in [6, 6.07) is 11.6. The molecule has 1 aromatic carbocycles. The summed E-state index contributed by atoms with van der Waals surface area (Å²) in [6.07, 6.45) is 3.88. The van der Waals surface area contributed by atoms with E-state index in [1.165, 1.54) is 37.9 Å². The lowest BCUT2D eigenvalue weighted by Crippen LogP contribution is -2.39. The van der Waals surface area contributed by atoms with Crippen LogP contribution in [-0.2, 0) is 0 Å². The Morgan fingerprint density at radius 1 is 1.32 bits per heavy atom. The molecule has 2 nitrogen and oxygen atoms in total. The molecule has 2 rings (SSSR count). The molecule has 0 aliphatic carbocycles. The number of hydrogen-bond acceptors (Lipinski definition) is 2. The number of unbranched alkanes of at least 4 members (excludes halogenated alkanes) is 1. The third kappa shape index (κ3) is 4.32. The molecule has 0 saturated carbocycles. The molecule has 1 aliphatic heterocycles. The lowest BCUT2D eigenvalue weighted by molar-refractivity contribution is 0.249. The fraction of sp³-hybridized carbons (Fsp3) is 0.647. The van der Waals surface area contributed by atoms with E-state index in [1.54, 1.807) is 0 Å². The molecule has 106 valence electrons. The first-order chi connectivity index (χ1) is 9.31. The highest BCUT2D eigenvalue weighted by Crippen LogP contribution is 2.27. The van der Waals surface area contributed by atoms with Crippen LogP contribution in [0.2, 0.25) is 0 Å². The number of benzene rings is 1. The van der Waals surface area contributed by atoms with E-state index in [0.29, 0.717) is 6.04 Å². The number of rotatable bonds is 7. The predicted octanol–water partition coefficient (Wildman–Crippen LogP) is 3.25. The standard InChI is InChI=1S/C17H28N2/c1-3-4-11-18-13-15(2)19-12-10-17(14-19)16-8-6-5-7-9-16/h5-9,15,17-18H,3-4,10-14H2,1-2H3. The third-order valence-electron chi connectivity index (χ3n) is 4.26. The molecule has 1 N–H and O–H groups in total. The number of nitrogens with zero attached hydrogens (tertiary/aromatic N) is 1. The second-order valence-corrected chi connectivity index (χ2v) is 5.80. The van der Waals surface area contributed by atoms with Gasteiger partial charge < -0.3 is 5.32 Å². The van der Waals surface area contributed by atoms with E-state index in [9.17, 15) is 0 Å². The minimum Gasteiger partial charge on any atom is -0.315 e. The predicted molar refractivity (Wildman–Crippen MR) is 82.6 cm³/mol. The van der Waals surface area contributed by atoms with Crippen molar-refractivity contribution in [3.63, 3.8) is 0 Å². The average molecular weight is 260 g/mol. The average Bonchev–Trinajstić information content (AvgIpc) is 2.94. The van der Waals surface area contributed by atoms with Gasteiger partial charge in [0, 0.05) is 19.1 Å². The van der Waals surface area contributed by atoms with Crippen LogP contribution >= 0.6 is 0 Å². The summed E-state index contributed by atoms with van der Waals surface area (Å²) in [5.41, 5.74) is 1.51. The fourth-order valence-corrected chi connectivity index (χ4v) is 2.93. The molecule has 1 aromatic rings. The van der Waals surface area contributed by atoms with Gasteiger partial charge in [-0.15, -0.1) is 0 Å². The summed E-state index contributed by atoms with van der Waals surface area (Å²) in [6.45, 7) is 9.36. The Morgan fingerprint density at radius 2 is 2.11 bits per heavy atom. The molecule has 1 heterocycles. The molecule has 0 amide bonds. The maximum atomic E-state index is 3.58. The van der Waals surface area contributed by atoms with Crippen LogP contribution in [-0.4, -0.2) is 37.1 Å². The Morgan fingerprint density at radius 3 is 2.84 bits per heavy atom. The van der Waals surface area contributed by atoms with E-state index in [0.717, 1.165) is 19.0 Å². The molecule has 19 heavy (non-hydrogen) atoms. The Hall–Kier alpha value is -0.860. The zero-order chi connectivity index (χ0) is 13.5. The van der Waals surface area contributed by atoms with E-state index in [4.69, 9.17) is 0 Å². The van der Waals surface area contributed by atoms with Crippen LogP contribution in [0.1, 0.15) is 44.6 Å². The van der Waals surface area contributed by atoms with Crippen molar-refractivity contribution in [3.8, 4) is 0 Å². The lowest BCUT2D eigenvalue weighted by Gasteiger charge is -2.24. The number of likely N-dealkylation sites (tertiary alicyclic amines) is 1. The van der Waals surface area contributed by atoms with Gasteiger partial charge in [0.25, 0.3) is 0 Å². The van der Waals surface area contributed by atoms with Crippen LogP contribution in [0.5, 0.6) is 0 Å². The normalized spacial score (nSPS) is 21.7. The maximum Gasteiger partial charge on any atom is 0.0192 e. The Bertz CT molecular complexity index is 350. The van der Waals surface area contributed by atoms with Gasteiger partial charge in [0.05, 0.1) is 0 Å². The minimum atomic E-state index is 0.658. The van der Waals surface area contributed by atoms with E-state index >= 15 is 0 Å². The number of hydrogen-bond donors (Lipinski definition) is 1. The molecule has 1 aliphatic rings. The zero-order valence-electron chi connectivity index (χ0n) is 12.4. The second kappa shape index (κ2) is 7.66. The summed E-state index contributed by atoms with van der Waals surface area (Å²) in [4.78, 5) is 2.64. The summed E-state index contributed by atoms with van der Waals surface area (Å²) < 4.78 is 0. The van der Waals surface area contributed by atoms with Crippen molar-refractivity contribution in [1.82, 2.24) is 10.2 Å². The van der Waals surface area contributed by atoms with Gasteiger partial charge in [-0.25, -0.2) is 0 Å². The molecule has 0 radical (unpaired) electrons. The topological polar surface area (TPSA) is 15.3 Å². The number of nitrogens with one attached hydrogen (secondary N) is 1. The SMILES string of the molecule is CCCCNCC(C)N1CCC(c2ccccc2)C1. The van der Waals surface area contributed by atoms with Crippen LogP contribution in [0.3, 0.4) is 0 Å². The maximum absolute atomic E-state index is 3.58. The summed E-state index contributed by atoms with van der Waals surface area (Å²) in [5.74, 6) is 0.735. The van der Waals surface area contributed by atoms with Crippen LogP contribution in [0, 0.1) is 0 Å². The Kier molecular flexibility index (Phi) is 5.87. The minimum absolute atomic E-state index is 0.658. The van der Waals surface area contributed by atoms with Gasteiger partial charge >= 0.3 is 0 Å². The molecule has 0 spiro atoms. The van der Waals surface area contributed by atoms with Crippen molar-refractivity contribution in [1.29, 1.82) is 0 Å². The van der Waals surface area contributed by atoms with Crippen LogP contribution in [0.4, 0.5) is 0 Å². The first kappa shape index (κ1) is 14.5. The van der Waals surface area contributed by atoms with E-state index < -0.39 is 0 Å². The van der Waals surface area contributed by atoms with E-state index in [-0.39, 0.29) is 0 Å². The monoisotopic (exact) mass is 260 g/mol. The first-order valence-corrected chi connectivity index (χ1v) is 7.81. The Labute approximate surface area is 118 Å². The molecule has 1 fully saturated rings. The zero-order valence-corrected chi connectivity index (χ0v) is 12.4. The van der Waals surface area contributed by atoms with Gasteiger partial charge in [-0.1, -0.05) is 43.7 Å². The van der Waals surface area contributed by atoms with Crippen molar-refractivity contribution in [3.05, 3.63) is 35.9 Å². The fourth-order valence-electron chi connectivity index (χ4n) is 2.93. The van der Waals surface area contributed by atoms with Crippen LogP contribution in [0.15, 0.2) is 30.3 Å². The van der Waals surface area contributed by atoms with Gasteiger partial charge in [-0.2, -0.15) is 0 Å². The van der Waals surface area contributed by atoms with Gasteiger partial charge in [0.15, 0.2) is 0 Å². The molecule has 2 atom stereocenters. The summed E-state index contributed by atoms with van der Waals surface area (Å²) in [7, 11) is 0. The molecule has 2 unspecified atom stereocenters. The summed E-state index contributed by atoms with van der Waals surface area (Å²) in [5, 5.41) is 3.58. The van der Waals surface area contributed by atoms with Crippen LogP contribution in [0.25, 0.3) is 0 Å². The molecule has 0 bridgehead atoms. The second-order valence-electron chi connectivity index (χ2n) is 5.80. The molecule has 0 aromatic heterocycles. The summed E-state index contributed by atoms with van der Waals surface area (Å²) >= 11 is 0. The Balaban J connectivity index is 1.75. The molecule has 2 heteroatoms. The molecule has 1 saturated heterocycles. The van der Waals surface area contributed by atoms with Gasteiger partial charge in [0.2, 0.25) is 0 Å². The quantitative estimate of drug-likeness (QED) is 0.757. The van der Waals surface area contributed by atoms with Crippen molar-refractivity contribution < 1.29 is 0 Å². The van der Waals surface area contributed by atoms with Gasteiger partial charge in [-0.3, -0.25) is 4.90 Å².